The molecule has 4 heterocycles. The summed E-state index contributed by atoms with van der Waals surface area (Å²) < 4.78 is 13.6. The van der Waals surface area contributed by atoms with E-state index in [-0.39, 0.29) is 26.5 Å². The fourth-order valence-corrected chi connectivity index (χ4v) is 10.2. The molecule has 70 heavy (non-hydrogen) atoms. The van der Waals surface area contributed by atoms with Gasteiger partial charge in [-0.1, -0.05) is 184 Å². The summed E-state index contributed by atoms with van der Waals surface area (Å²) in [5.41, 5.74) is 14.4. The number of rotatable bonds is 2. The Labute approximate surface area is 419 Å². The van der Waals surface area contributed by atoms with Gasteiger partial charge in [0, 0.05) is 49.5 Å². The Morgan fingerprint density at radius 3 is 1.96 bits per heavy atom. The summed E-state index contributed by atoms with van der Waals surface area (Å²) in [5, 5.41) is 7.69. The van der Waals surface area contributed by atoms with Crippen LogP contribution in [0.3, 0.4) is 0 Å². The van der Waals surface area contributed by atoms with Gasteiger partial charge in [-0.25, -0.2) is 4.98 Å². The zero-order chi connectivity index (χ0) is 46.2. The van der Waals surface area contributed by atoms with Crippen LogP contribution >= 0.6 is 0 Å². The maximum absolute atomic E-state index is 6.80. The van der Waals surface area contributed by atoms with Crippen LogP contribution in [0.4, 0.5) is 0 Å². The predicted molar refractivity (Wildman–Crippen MR) is 287 cm³/mol. The standard InChI is InChI=1S/C64H45N4O.Pt/c1-64(2,3)47-37-57-46-22-14-21-45(35-46)51-25-10-11-26-53(51)55-28-16-27-52(43-19-8-5-9-20-43)63(55)67-41-66(59-29-12-13-30-60(59)67)48-23-15-24-49(39-48)69-50-32-33-54-56-36-44(42-17-6-4-7-18-42)31-34-58(56)68(61(54)40-50)62(38-47)65-57;/h4-38,41H,1-3H3;/q-3;. The number of para-hydroxylation sites is 3. The van der Waals surface area contributed by atoms with Gasteiger partial charge in [0.05, 0.1) is 5.52 Å². The first-order chi connectivity index (χ1) is 33.8. The fraction of sp³-hybridized carbons (Fsp3) is 0.0625. The van der Waals surface area contributed by atoms with Gasteiger partial charge in [-0.05, 0) is 101 Å². The number of pyridine rings is 1. The minimum atomic E-state index is -0.179. The van der Waals surface area contributed by atoms with Crippen molar-refractivity contribution in [3.05, 3.63) is 236 Å². The van der Waals surface area contributed by atoms with E-state index in [9.17, 15) is 0 Å². The average molecular weight is 1080 g/mol. The van der Waals surface area contributed by atoms with E-state index < -0.39 is 0 Å². The summed E-state index contributed by atoms with van der Waals surface area (Å²) in [5.74, 6) is 0. The van der Waals surface area contributed by atoms with E-state index in [2.05, 4.69) is 247 Å². The molecule has 0 unspecified atom stereocenters. The molecule has 0 saturated carbocycles. The Bertz CT molecular complexity index is 4290. The number of imidazole rings is 1. The van der Waals surface area contributed by atoms with Crippen molar-refractivity contribution in [1.82, 2.24) is 18.5 Å². The molecule has 5 nitrogen and oxygen atoms in total. The van der Waals surface area contributed by atoms with Crippen molar-refractivity contribution in [2.45, 2.75) is 26.2 Å². The Hall–Kier alpha value is -8.11. The Morgan fingerprint density at radius 2 is 1.16 bits per heavy atom. The van der Waals surface area contributed by atoms with Crippen molar-refractivity contribution < 1.29 is 25.5 Å². The molecule has 0 saturated heterocycles. The van der Waals surface area contributed by atoms with Gasteiger partial charge in [0.2, 0.25) is 0 Å². The minimum Gasteiger partial charge on any atom is -0.510 e. The molecular formula is C64H45N4OPt-3. The summed E-state index contributed by atoms with van der Waals surface area (Å²) in [6.45, 7) is 6.81. The van der Waals surface area contributed by atoms with Crippen LogP contribution in [0.5, 0.6) is 0 Å². The zero-order valence-corrected chi connectivity index (χ0v) is 41.1. The second kappa shape index (κ2) is 17.1. The van der Waals surface area contributed by atoms with Gasteiger partial charge < -0.3 is 18.0 Å². The fourth-order valence-electron chi connectivity index (χ4n) is 10.2. The van der Waals surface area contributed by atoms with Crippen LogP contribution in [0.15, 0.2) is 223 Å². The maximum Gasteiger partial charge on any atom is 0.136 e. The number of hydrogen-bond donors (Lipinski definition) is 0. The molecule has 3 aromatic heterocycles. The van der Waals surface area contributed by atoms with Crippen LogP contribution in [-0.4, -0.2) is 18.5 Å². The Balaban J connectivity index is 0.00000505. The van der Waals surface area contributed by atoms with Crippen LogP contribution in [0.25, 0.3) is 116 Å². The van der Waals surface area contributed by atoms with Crippen molar-refractivity contribution in [2.75, 3.05) is 0 Å². The van der Waals surface area contributed by atoms with Crippen molar-refractivity contribution in [2.24, 2.45) is 0 Å². The van der Waals surface area contributed by atoms with Crippen LogP contribution in [0.1, 0.15) is 26.3 Å². The monoisotopic (exact) mass is 1080 g/mol. The summed E-state index contributed by atoms with van der Waals surface area (Å²) in [6.07, 6.45) is 2.20. The smallest absolute Gasteiger partial charge is 0.136 e. The van der Waals surface area contributed by atoms with E-state index in [1.54, 1.807) is 0 Å². The third-order valence-corrected chi connectivity index (χ3v) is 13.6. The first kappa shape index (κ1) is 43.2. The number of fused-ring (bicyclic) bond motifs is 23. The molecule has 12 aromatic rings. The van der Waals surface area contributed by atoms with Crippen LogP contribution in [0, 0.1) is 12.1 Å². The third-order valence-electron chi connectivity index (χ3n) is 13.6. The van der Waals surface area contributed by atoms with Gasteiger partial charge in [0.15, 0.2) is 0 Å². The molecule has 10 bridgehead atoms. The molecule has 0 radical (unpaired) electrons. The molecule has 13 rings (SSSR count). The number of hydrogen-bond acceptors (Lipinski definition) is 2. The maximum atomic E-state index is 6.80. The zero-order valence-electron chi connectivity index (χ0n) is 38.8. The largest absolute Gasteiger partial charge is 0.510 e. The molecule has 340 valence electrons. The Morgan fingerprint density at radius 1 is 0.486 bits per heavy atom. The molecule has 1 aliphatic rings. The van der Waals surface area contributed by atoms with E-state index in [4.69, 9.17) is 9.40 Å². The van der Waals surface area contributed by atoms with Gasteiger partial charge in [-0.2, -0.15) is 24.3 Å². The number of nitrogens with zero attached hydrogens (tertiary/aromatic N) is 4. The third kappa shape index (κ3) is 7.37. The molecule has 9 aromatic carbocycles. The van der Waals surface area contributed by atoms with Crippen molar-refractivity contribution in [3.8, 4) is 33.6 Å². The first-order valence-corrected chi connectivity index (χ1v) is 23.5. The SMILES string of the molecule is CC(C)(C)c1cc2nc(c1)n1c3[c-]c(ccc3c3cc(-c4ccccc4)ccc31)oc1[c-]c(ccc1)n1[cH-]n(c3c(-c4ccccc4)cccc3c3ccccc3c3cccc2c3)-c2ccccc2-1.[Pt]. The quantitative estimate of drug-likeness (QED) is 0.162. The molecule has 0 amide bonds. The van der Waals surface area contributed by atoms with Crippen molar-refractivity contribution >= 4 is 82.1 Å². The topological polar surface area (TPSA) is 40.3 Å². The minimum absolute atomic E-state index is 0. The van der Waals surface area contributed by atoms with Crippen LogP contribution < -0.4 is 0 Å². The van der Waals surface area contributed by atoms with E-state index in [1.165, 1.54) is 5.56 Å². The average Bonchev–Trinajstić information content (AvgIpc) is 3.94. The summed E-state index contributed by atoms with van der Waals surface area (Å²) in [7, 11) is 0. The summed E-state index contributed by atoms with van der Waals surface area (Å²) >= 11 is 0. The molecule has 0 aliphatic carbocycles. The van der Waals surface area contributed by atoms with Gasteiger partial charge in [-0.3, -0.25) is 0 Å². The van der Waals surface area contributed by atoms with Gasteiger partial charge in [-0.15, -0.1) is 29.1 Å². The van der Waals surface area contributed by atoms with E-state index >= 15 is 0 Å². The molecule has 1 aliphatic heterocycles. The van der Waals surface area contributed by atoms with Crippen molar-refractivity contribution in [1.29, 1.82) is 0 Å². The Kier molecular flexibility index (Phi) is 10.6. The van der Waals surface area contributed by atoms with E-state index in [0.29, 0.717) is 11.2 Å². The molecule has 0 fully saturated rings. The molecule has 0 N–H and O–H groups in total. The molecule has 0 atom stereocenters. The molecular weight excluding hydrogens is 1040 g/mol. The summed E-state index contributed by atoms with van der Waals surface area (Å²) in [6, 6.07) is 83.1. The number of aromatic nitrogens is 4. The number of benzene rings is 9. The second-order valence-corrected chi connectivity index (χ2v) is 18.9. The summed E-state index contributed by atoms with van der Waals surface area (Å²) in [4.78, 5) is 5.59. The normalized spacial score (nSPS) is 11.8. The van der Waals surface area contributed by atoms with E-state index in [0.717, 1.165) is 105 Å². The second-order valence-electron chi connectivity index (χ2n) is 18.9. The first-order valence-electron chi connectivity index (χ1n) is 23.5. The molecule has 0 spiro atoms. The van der Waals surface area contributed by atoms with Gasteiger partial charge in [0.25, 0.3) is 0 Å². The predicted octanol–water partition coefficient (Wildman–Crippen LogP) is 16.8. The van der Waals surface area contributed by atoms with Crippen molar-refractivity contribution in [3.63, 3.8) is 0 Å². The van der Waals surface area contributed by atoms with Crippen LogP contribution in [0.2, 0.25) is 0 Å². The van der Waals surface area contributed by atoms with E-state index in [1.807, 2.05) is 18.2 Å². The van der Waals surface area contributed by atoms with Gasteiger partial charge >= 0.3 is 0 Å². The molecule has 6 heteroatoms. The van der Waals surface area contributed by atoms with Gasteiger partial charge in [0.1, 0.15) is 5.65 Å². The van der Waals surface area contributed by atoms with Crippen LogP contribution in [-0.2, 0) is 26.5 Å².